The number of aromatic amines is 2. The number of hydrogen-bond acceptors (Lipinski definition) is 4. The van der Waals surface area contributed by atoms with Crippen LogP contribution < -0.4 is 10.9 Å². The van der Waals surface area contributed by atoms with Crippen LogP contribution in [0.3, 0.4) is 0 Å². The Hall–Kier alpha value is -4.94. The Morgan fingerprint density at radius 3 is 1.44 bits per heavy atom. The molecule has 0 saturated carbocycles. The van der Waals surface area contributed by atoms with E-state index in [0.29, 0.717) is 43.7 Å². The molecule has 0 aliphatic heterocycles. The lowest BCUT2D eigenvalue weighted by molar-refractivity contribution is 1.17. The summed E-state index contributed by atoms with van der Waals surface area (Å²) in [6.07, 6.45) is 0. The largest absolute Gasteiger partial charge is 0.349 e. The van der Waals surface area contributed by atoms with Gasteiger partial charge >= 0.3 is 0 Å². The Morgan fingerprint density at radius 2 is 1.03 bits per heavy atom. The van der Waals surface area contributed by atoms with Crippen LogP contribution in [0.2, 0.25) is 0 Å². The first kappa shape index (κ1) is 17.9. The van der Waals surface area contributed by atoms with Gasteiger partial charge in [0.1, 0.15) is 22.8 Å². The second-order valence-electron chi connectivity index (χ2n) is 7.67. The maximum Gasteiger partial charge on any atom is 0.212 e. The van der Waals surface area contributed by atoms with Crippen molar-refractivity contribution >= 4 is 43.4 Å². The second kappa shape index (κ2) is 6.28. The van der Waals surface area contributed by atoms with Gasteiger partial charge in [0, 0.05) is 21.5 Å². The van der Waals surface area contributed by atoms with Crippen molar-refractivity contribution in [3.8, 4) is 12.1 Å². The van der Waals surface area contributed by atoms with Crippen molar-refractivity contribution in [2.24, 2.45) is 0 Å². The van der Waals surface area contributed by atoms with E-state index >= 15 is 0 Å². The Morgan fingerprint density at radius 1 is 0.594 bits per heavy atom. The number of nitriles is 2. The minimum Gasteiger partial charge on any atom is -0.349 e. The van der Waals surface area contributed by atoms with Gasteiger partial charge < -0.3 is 9.97 Å². The van der Waals surface area contributed by atoms with E-state index in [0.717, 1.165) is 10.8 Å². The molecule has 0 aliphatic rings. The lowest BCUT2D eigenvalue weighted by atomic mass is 9.99. The molecule has 148 valence electrons. The molecular weight excluding hydrogens is 400 g/mol. The fourth-order valence-corrected chi connectivity index (χ4v) is 4.57. The van der Waals surface area contributed by atoms with Crippen molar-refractivity contribution in [1.29, 1.82) is 10.5 Å². The van der Waals surface area contributed by atoms with Gasteiger partial charge in [0.05, 0.1) is 22.2 Å². The van der Waals surface area contributed by atoms with Crippen molar-refractivity contribution in [1.82, 2.24) is 9.97 Å². The lowest BCUT2D eigenvalue weighted by Crippen LogP contribution is -2.15. The van der Waals surface area contributed by atoms with E-state index in [1.165, 1.54) is 0 Å². The van der Waals surface area contributed by atoms with Gasteiger partial charge in [-0.3, -0.25) is 9.59 Å². The number of nitrogens with one attached hydrogen (secondary N) is 2. The maximum absolute atomic E-state index is 13.5. The summed E-state index contributed by atoms with van der Waals surface area (Å²) in [5, 5.41) is 23.2. The molecule has 0 aliphatic carbocycles. The quantitative estimate of drug-likeness (QED) is 0.390. The molecular formula is C26H12N4O2. The predicted molar refractivity (Wildman–Crippen MR) is 122 cm³/mol. The van der Waals surface area contributed by atoms with Gasteiger partial charge in [-0.05, 0) is 22.9 Å². The molecule has 0 amide bonds. The highest BCUT2D eigenvalue weighted by Gasteiger charge is 2.14. The Labute approximate surface area is 179 Å². The number of H-pyrrole nitrogens is 2. The average molecular weight is 412 g/mol. The Kier molecular flexibility index (Phi) is 3.51. The van der Waals surface area contributed by atoms with Gasteiger partial charge in [0.15, 0.2) is 0 Å². The molecule has 6 heteroatoms. The predicted octanol–water partition coefficient (Wildman–Crippen LogP) is 4.14. The van der Waals surface area contributed by atoms with E-state index in [9.17, 15) is 20.1 Å². The number of nitrogens with zero attached hydrogens (tertiary/aromatic N) is 2. The molecule has 2 N–H and O–H groups in total. The van der Waals surface area contributed by atoms with Gasteiger partial charge in [0.2, 0.25) is 10.9 Å². The zero-order valence-electron chi connectivity index (χ0n) is 16.5. The van der Waals surface area contributed by atoms with Crippen molar-refractivity contribution in [3.05, 3.63) is 103 Å². The van der Waals surface area contributed by atoms with E-state index in [2.05, 4.69) is 22.1 Å². The molecule has 32 heavy (non-hydrogen) atoms. The summed E-state index contributed by atoms with van der Waals surface area (Å²) < 4.78 is 0. The van der Waals surface area contributed by atoms with Crippen LogP contribution in [-0.2, 0) is 0 Å². The van der Waals surface area contributed by atoms with Crippen molar-refractivity contribution in [2.45, 2.75) is 0 Å². The molecule has 0 saturated heterocycles. The summed E-state index contributed by atoms with van der Waals surface area (Å²) >= 11 is 0. The van der Waals surface area contributed by atoms with Crippen LogP contribution in [0.25, 0.3) is 43.4 Å². The summed E-state index contributed by atoms with van der Waals surface area (Å²) in [5.74, 6) is 0. The van der Waals surface area contributed by atoms with Crippen LogP contribution in [-0.4, -0.2) is 9.97 Å². The highest BCUT2D eigenvalue weighted by molar-refractivity contribution is 6.11. The zero-order valence-corrected chi connectivity index (χ0v) is 16.5. The standard InChI is InChI=1S/C26H12N4O2/c27-11-15-9-7-13-3-1-5-17-19(13)21(15)29-23(25(17)31)24-26(32)18-6-2-4-14-8-10-16(12-28)22(30-24)20(14)18/h1-10,29-30H/b24-23-. The van der Waals surface area contributed by atoms with Crippen molar-refractivity contribution < 1.29 is 0 Å². The highest BCUT2D eigenvalue weighted by atomic mass is 16.1. The summed E-state index contributed by atoms with van der Waals surface area (Å²) in [4.78, 5) is 33.1. The molecule has 2 aromatic heterocycles. The fraction of sp³-hybridized carbons (Fsp3) is 0. The number of rotatable bonds is 0. The smallest absolute Gasteiger partial charge is 0.212 e. The molecule has 0 radical (unpaired) electrons. The summed E-state index contributed by atoms with van der Waals surface area (Å²) in [6.45, 7) is 0. The first-order chi connectivity index (χ1) is 15.6. The number of pyridine rings is 2. The monoisotopic (exact) mass is 412 g/mol. The molecule has 6 aromatic rings. The first-order valence-electron chi connectivity index (χ1n) is 9.91. The van der Waals surface area contributed by atoms with E-state index in [-0.39, 0.29) is 21.6 Å². The highest BCUT2D eigenvalue weighted by Crippen LogP contribution is 2.27. The third-order valence-corrected chi connectivity index (χ3v) is 6.03. The Balaban J connectivity index is 2.00. The normalized spacial score (nSPS) is 12.4. The molecule has 0 atom stereocenters. The third-order valence-electron chi connectivity index (χ3n) is 6.03. The molecule has 4 aromatic carbocycles. The van der Waals surface area contributed by atoms with Crippen LogP contribution >= 0.6 is 0 Å². The van der Waals surface area contributed by atoms with Crippen LogP contribution in [0.5, 0.6) is 0 Å². The molecule has 6 nitrogen and oxygen atoms in total. The molecule has 0 unspecified atom stereocenters. The molecule has 0 spiro atoms. The van der Waals surface area contributed by atoms with Crippen LogP contribution in [0.1, 0.15) is 11.1 Å². The zero-order chi connectivity index (χ0) is 22.0. The van der Waals surface area contributed by atoms with Gasteiger partial charge in [-0.25, -0.2) is 0 Å². The lowest BCUT2D eigenvalue weighted by Gasteiger charge is -2.09. The van der Waals surface area contributed by atoms with Crippen LogP contribution in [0.15, 0.2) is 70.3 Å². The van der Waals surface area contributed by atoms with E-state index in [1.54, 1.807) is 48.5 Å². The van der Waals surface area contributed by atoms with Gasteiger partial charge in [-0.1, -0.05) is 48.5 Å². The van der Waals surface area contributed by atoms with E-state index < -0.39 is 0 Å². The third kappa shape index (κ3) is 2.21. The SMILES string of the molecule is N#Cc1ccc2cccc3c(=O)/c(=c4/[nH]c5c(C#N)ccc6cccc(c4=O)c65)[nH]c1c23. The second-order valence-corrected chi connectivity index (χ2v) is 7.67. The topological polar surface area (TPSA) is 113 Å². The van der Waals surface area contributed by atoms with Crippen LogP contribution in [0, 0.1) is 33.4 Å². The summed E-state index contributed by atoms with van der Waals surface area (Å²) in [7, 11) is 0. The number of hydrogen-bond donors (Lipinski definition) is 2. The number of aromatic nitrogens is 2. The van der Waals surface area contributed by atoms with Gasteiger partial charge in [0.25, 0.3) is 0 Å². The Bertz CT molecular complexity index is 1900. The van der Waals surface area contributed by atoms with Gasteiger partial charge in [-0.2, -0.15) is 10.5 Å². The molecule has 0 fully saturated rings. The molecule has 2 heterocycles. The van der Waals surface area contributed by atoms with Crippen LogP contribution in [0.4, 0.5) is 0 Å². The van der Waals surface area contributed by atoms with E-state index in [1.807, 2.05) is 12.1 Å². The summed E-state index contributed by atoms with van der Waals surface area (Å²) in [6, 6.07) is 22.0. The van der Waals surface area contributed by atoms with Crippen molar-refractivity contribution in [3.63, 3.8) is 0 Å². The average Bonchev–Trinajstić information content (AvgIpc) is 2.83. The molecule has 0 bridgehead atoms. The van der Waals surface area contributed by atoms with Gasteiger partial charge in [-0.15, -0.1) is 0 Å². The summed E-state index contributed by atoms with van der Waals surface area (Å²) in [5.41, 5.74) is 1.04. The first-order valence-corrected chi connectivity index (χ1v) is 9.91. The minimum atomic E-state index is -0.348. The van der Waals surface area contributed by atoms with Crippen molar-refractivity contribution in [2.75, 3.05) is 0 Å². The van der Waals surface area contributed by atoms with E-state index in [4.69, 9.17) is 0 Å². The fourth-order valence-electron chi connectivity index (χ4n) is 4.57. The molecule has 6 rings (SSSR count). The maximum atomic E-state index is 13.5. The number of benzene rings is 4. The minimum absolute atomic E-state index is 0.0631.